The van der Waals surface area contributed by atoms with Gasteiger partial charge >= 0.3 is 0 Å². The Labute approximate surface area is 144 Å². The Morgan fingerprint density at radius 2 is 1.71 bits per heavy atom. The van der Waals surface area contributed by atoms with Gasteiger partial charge in [0, 0.05) is 18.5 Å². The summed E-state index contributed by atoms with van der Waals surface area (Å²) in [5, 5.41) is 0. The number of benzene rings is 1. The number of amides is 1. The molecule has 3 aliphatic carbocycles. The number of hydrogen-bond donors (Lipinski definition) is 0. The highest BCUT2D eigenvalue weighted by atomic mass is 16.5. The van der Waals surface area contributed by atoms with Crippen LogP contribution in [-0.4, -0.2) is 30.5 Å². The number of para-hydroxylation sites is 1. The van der Waals surface area contributed by atoms with Crippen molar-refractivity contribution in [1.82, 2.24) is 4.90 Å². The first kappa shape index (κ1) is 14.8. The molecule has 2 saturated heterocycles. The molecule has 6 rings (SSSR count). The van der Waals surface area contributed by atoms with Gasteiger partial charge in [0.15, 0.2) is 0 Å². The molecule has 3 nitrogen and oxygen atoms in total. The molecule has 2 unspecified atom stereocenters. The molecule has 3 saturated carbocycles. The fourth-order valence-corrected chi connectivity index (χ4v) is 6.05. The maximum Gasteiger partial charge on any atom is 0.226 e. The topological polar surface area (TPSA) is 29.5 Å². The quantitative estimate of drug-likeness (QED) is 0.845. The predicted octanol–water partition coefficient (Wildman–Crippen LogP) is 3.84. The second kappa shape index (κ2) is 5.50. The maximum atomic E-state index is 13.2. The van der Waals surface area contributed by atoms with Gasteiger partial charge in [0.1, 0.15) is 5.75 Å². The normalized spacial score (nSPS) is 39.6. The van der Waals surface area contributed by atoms with E-state index in [0.717, 1.165) is 36.5 Å². The molecular formula is C21H27NO2. The second-order valence-electron chi connectivity index (χ2n) is 8.61. The number of hydrogen-bond acceptors (Lipinski definition) is 2. The first-order valence-corrected chi connectivity index (χ1v) is 9.66. The second-order valence-corrected chi connectivity index (χ2v) is 8.61. The van der Waals surface area contributed by atoms with Gasteiger partial charge in [-0.3, -0.25) is 4.79 Å². The van der Waals surface area contributed by atoms with Crippen molar-refractivity contribution >= 4 is 5.91 Å². The lowest BCUT2D eigenvalue weighted by molar-refractivity contribution is -0.135. The summed E-state index contributed by atoms with van der Waals surface area (Å²) in [5.41, 5.74) is 1.22. The van der Waals surface area contributed by atoms with E-state index in [1.807, 2.05) is 12.1 Å². The van der Waals surface area contributed by atoms with Crippen molar-refractivity contribution in [2.75, 3.05) is 13.7 Å². The number of rotatable bonds is 3. The van der Waals surface area contributed by atoms with Crippen molar-refractivity contribution in [1.29, 1.82) is 0 Å². The summed E-state index contributed by atoms with van der Waals surface area (Å²) >= 11 is 0. The third-order valence-electron chi connectivity index (χ3n) is 7.04. The Kier molecular flexibility index (Phi) is 3.39. The van der Waals surface area contributed by atoms with Crippen molar-refractivity contribution in [3.05, 3.63) is 29.8 Å². The molecule has 0 radical (unpaired) electrons. The van der Waals surface area contributed by atoms with Crippen LogP contribution in [0.25, 0.3) is 0 Å². The summed E-state index contributed by atoms with van der Waals surface area (Å²) in [6, 6.07) is 8.75. The largest absolute Gasteiger partial charge is 0.496 e. The Morgan fingerprint density at radius 1 is 1.00 bits per heavy atom. The molecular weight excluding hydrogens is 298 g/mol. The monoisotopic (exact) mass is 325 g/mol. The first-order valence-electron chi connectivity index (χ1n) is 9.66. The molecule has 0 aromatic heterocycles. The van der Waals surface area contributed by atoms with Crippen molar-refractivity contribution in [2.24, 2.45) is 23.7 Å². The summed E-state index contributed by atoms with van der Waals surface area (Å²) in [6.07, 6.45) is 7.71. The maximum absolute atomic E-state index is 13.2. The van der Waals surface area contributed by atoms with Crippen LogP contribution in [0.4, 0.5) is 0 Å². The fraction of sp³-hybridized carbons (Fsp3) is 0.667. The molecule has 0 spiro atoms. The lowest BCUT2D eigenvalue weighted by Crippen LogP contribution is -2.43. The number of carbonyl (C=O) groups is 1. The summed E-state index contributed by atoms with van der Waals surface area (Å²) in [6.45, 7) is 1.03. The minimum atomic E-state index is 0.192. The van der Waals surface area contributed by atoms with E-state index >= 15 is 0 Å². The Balaban J connectivity index is 1.34. The minimum Gasteiger partial charge on any atom is -0.496 e. The highest BCUT2D eigenvalue weighted by molar-refractivity contribution is 5.83. The SMILES string of the molecule is COc1ccccc1[C@@H]1C[C@H]1C(=O)N1CC2C[C@@H]3CC1C[C@H](C2)C3. The van der Waals surface area contributed by atoms with E-state index in [4.69, 9.17) is 4.74 Å². The Hall–Kier alpha value is -1.51. The molecule has 6 atom stereocenters. The van der Waals surface area contributed by atoms with E-state index in [0.29, 0.717) is 17.9 Å². The van der Waals surface area contributed by atoms with Gasteiger partial charge < -0.3 is 9.64 Å². The fourth-order valence-electron chi connectivity index (χ4n) is 6.05. The summed E-state index contributed by atoms with van der Waals surface area (Å²) in [5.74, 6) is 4.50. The van der Waals surface area contributed by atoms with E-state index < -0.39 is 0 Å². The van der Waals surface area contributed by atoms with Crippen molar-refractivity contribution in [3.8, 4) is 5.75 Å². The summed E-state index contributed by atoms with van der Waals surface area (Å²) < 4.78 is 5.50. The minimum absolute atomic E-state index is 0.192. The number of carbonyl (C=O) groups excluding carboxylic acids is 1. The van der Waals surface area contributed by atoms with Crippen LogP contribution in [0.1, 0.15) is 50.0 Å². The van der Waals surface area contributed by atoms with E-state index in [-0.39, 0.29) is 5.92 Å². The number of methoxy groups -OCH3 is 1. The first-order chi connectivity index (χ1) is 11.7. The van der Waals surface area contributed by atoms with E-state index in [2.05, 4.69) is 17.0 Å². The standard InChI is InChI=1S/C21H27NO2/c1-24-20-5-3-2-4-17(20)18-11-19(18)21(23)22-12-15-7-13-6-14(8-15)10-16(22)9-13/h2-5,13-16,18-19H,6-12H2,1H3/t13-,14+,15?,16?,18-,19+/m0/s1. The molecule has 5 aliphatic rings. The van der Waals surface area contributed by atoms with Crippen LogP contribution in [0.3, 0.4) is 0 Å². The van der Waals surface area contributed by atoms with Gasteiger partial charge in [0.25, 0.3) is 0 Å². The predicted molar refractivity (Wildman–Crippen MR) is 92.9 cm³/mol. The lowest BCUT2D eigenvalue weighted by atomic mass is 9.68. The molecule has 128 valence electrons. The third-order valence-corrected chi connectivity index (χ3v) is 7.04. The van der Waals surface area contributed by atoms with Gasteiger partial charge in [0.05, 0.1) is 7.11 Å². The van der Waals surface area contributed by atoms with E-state index in [9.17, 15) is 4.79 Å². The zero-order valence-electron chi connectivity index (χ0n) is 14.5. The zero-order chi connectivity index (χ0) is 16.3. The van der Waals surface area contributed by atoms with Crippen LogP contribution in [0, 0.1) is 23.7 Å². The van der Waals surface area contributed by atoms with Gasteiger partial charge in [-0.25, -0.2) is 0 Å². The van der Waals surface area contributed by atoms with Gasteiger partial charge in [-0.2, -0.15) is 0 Å². The van der Waals surface area contributed by atoms with Crippen LogP contribution in [-0.2, 0) is 4.79 Å². The highest BCUT2D eigenvalue weighted by Gasteiger charge is 2.51. The van der Waals surface area contributed by atoms with Crippen molar-refractivity contribution in [3.63, 3.8) is 0 Å². The smallest absolute Gasteiger partial charge is 0.226 e. The number of fused-ring (bicyclic) bond motifs is 1. The van der Waals surface area contributed by atoms with Crippen LogP contribution in [0.15, 0.2) is 24.3 Å². The van der Waals surface area contributed by atoms with Crippen LogP contribution < -0.4 is 4.74 Å². The van der Waals surface area contributed by atoms with E-state index in [1.165, 1.54) is 37.7 Å². The van der Waals surface area contributed by atoms with Crippen molar-refractivity contribution in [2.45, 2.75) is 50.5 Å². The highest BCUT2D eigenvalue weighted by Crippen LogP contribution is 2.53. The van der Waals surface area contributed by atoms with Gasteiger partial charge in [-0.15, -0.1) is 0 Å². The lowest BCUT2D eigenvalue weighted by Gasteiger charge is -2.39. The molecule has 24 heavy (non-hydrogen) atoms. The summed E-state index contributed by atoms with van der Waals surface area (Å²) in [7, 11) is 1.72. The molecule has 1 aromatic carbocycles. The van der Waals surface area contributed by atoms with Gasteiger partial charge in [-0.1, -0.05) is 18.2 Å². The van der Waals surface area contributed by atoms with Crippen LogP contribution >= 0.6 is 0 Å². The average Bonchev–Trinajstić information content (AvgIpc) is 3.40. The van der Waals surface area contributed by atoms with Crippen LogP contribution in [0.5, 0.6) is 5.75 Å². The summed E-state index contributed by atoms with van der Waals surface area (Å²) in [4.78, 5) is 15.6. The van der Waals surface area contributed by atoms with Gasteiger partial charge in [-0.05, 0) is 73.8 Å². The third kappa shape index (κ3) is 2.35. The van der Waals surface area contributed by atoms with Crippen molar-refractivity contribution < 1.29 is 9.53 Å². The molecule has 2 aliphatic heterocycles. The zero-order valence-corrected chi connectivity index (χ0v) is 14.5. The molecule has 1 aromatic rings. The molecule has 2 heterocycles. The molecule has 4 bridgehead atoms. The molecule has 5 fully saturated rings. The number of nitrogens with zero attached hydrogens (tertiary/aromatic N) is 1. The Bertz CT molecular complexity index is 643. The Morgan fingerprint density at radius 3 is 2.46 bits per heavy atom. The number of ether oxygens (including phenoxy) is 1. The molecule has 3 heteroatoms. The molecule has 0 N–H and O–H groups in total. The van der Waals surface area contributed by atoms with E-state index in [1.54, 1.807) is 7.11 Å². The average molecular weight is 325 g/mol. The van der Waals surface area contributed by atoms with Crippen LogP contribution in [0.2, 0.25) is 0 Å². The van der Waals surface area contributed by atoms with Gasteiger partial charge in [0.2, 0.25) is 5.91 Å². The molecule has 1 amide bonds.